The van der Waals surface area contributed by atoms with Gasteiger partial charge in [-0.2, -0.15) is 0 Å². The molecule has 0 unspecified atom stereocenters. The van der Waals surface area contributed by atoms with Crippen molar-refractivity contribution in [3.05, 3.63) is 11.1 Å². The molecule has 4 rings (SSSR count). The van der Waals surface area contributed by atoms with Crippen LogP contribution in [-0.4, -0.2) is 6.29 Å². The lowest BCUT2D eigenvalue weighted by Gasteiger charge is -2.75. The summed E-state index contributed by atoms with van der Waals surface area (Å²) in [6, 6.07) is 0. The maximum atomic E-state index is 11.3. The van der Waals surface area contributed by atoms with Crippen molar-refractivity contribution in [2.45, 2.75) is 66.2 Å². The number of hydrogen-bond acceptors (Lipinski definition) is 1. The Morgan fingerprint density at radius 3 is 2.28 bits per heavy atom. The molecule has 0 N–H and O–H groups in total. The van der Waals surface area contributed by atoms with Crippen LogP contribution in [0.2, 0.25) is 0 Å². The number of carbonyl (C=O) groups excluding carboxylic acids is 1. The molecule has 100 valence electrons. The molecule has 0 radical (unpaired) electrons. The van der Waals surface area contributed by atoms with Gasteiger partial charge in [0.05, 0.1) is 0 Å². The van der Waals surface area contributed by atoms with Crippen LogP contribution in [0, 0.1) is 22.2 Å². The molecule has 0 aliphatic heterocycles. The van der Waals surface area contributed by atoms with Crippen LogP contribution in [0.3, 0.4) is 0 Å². The largest absolute Gasteiger partial charge is 0.298 e. The third-order valence-corrected chi connectivity index (χ3v) is 6.19. The molecule has 0 aromatic heterocycles. The first kappa shape index (κ1) is 12.4. The number of rotatable bonds is 3. The summed E-state index contributed by atoms with van der Waals surface area (Å²) < 4.78 is 0. The van der Waals surface area contributed by atoms with Crippen molar-refractivity contribution in [1.29, 1.82) is 0 Å². The normalized spacial score (nSPS) is 41.4. The van der Waals surface area contributed by atoms with Crippen LogP contribution < -0.4 is 0 Å². The van der Waals surface area contributed by atoms with Gasteiger partial charge >= 0.3 is 0 Å². The van der Waals surface area contributed by atoms with E-state index in [-0.39, 0.29) is 0 Å². The van der Waals surface area contributed by atoms with Gasteiger partial charge in [0, 0.05) is 0 Å². The van der Waals surface area contributed by atoms with Crippen LogP contribution in [-0.2, 0) is 4.79 Å². The number of aldehydes is 1. The highest BCUT2D eigenvalue weighted by atomic mass is 16.1. The first-order valence-electron chi connectivity index (χ1n) is 7.50. The molecule has 3 saturated carbocycles. The summed E-state index contributed by atoms with van der Waals surface area (Å²) in [4.78, 5) is 11.3. The molecule has 0 aromatic rings. The lowest BCUT2D eigenvalue weighted by Crippen LogP contribution is -2.65. The van der Waals surface area contributed by atoms with Crippen LogP contribution in [0.25, 0.3) is 0 Å². The Labute approximate surface area is 111 Å². The van der Waals surface area contributed by atoms with Crippen molar-refractivity contribution in [2.24, 2.45) is 22.2 Å². The van der Waals surface area contributed by atoms with Crippen molar-refractivity contribution >= 4 is 6.29 Å². The Morgan fingerprint density at radius 2 is 1.78 bits per heavy atom. The van der Waals surface area contributed by atoms with E-state index in [0.29, 0.717) is 16.2 Å². The molecule has 1 heteroatoms. The fourth-order valence-electron chi connectivity index (χ4n) is 4.76. The summed E-state index contributed by atoms with van der Waals surface area (Å²) in [6.07, 6.45) is 8.60. The number of carbonyl (C=O) groups is 1. The van der Waals surface area contributed by atoms with Gasteiger partial charge in [0.25, 0.3) is 0 Å². The fraction of sp³-hybridized carbons (Fsp3) is 0.824. The van der Waals surface area contributed by atoms with E-state index in [1.807, 2.05) is 0 Å². The highest BCUT2D eigenvalue weighted by Crippen LogP contribution is 2.80. The lowest BCUT2D eigenvalue weighted by molar-refractivity contribution is -0.208. The summed E-state index contributed by atoms with van der Waals surface area (Å²) in [5, 5.41) is 0. The molecule has 1 nitrogen and oxygen atoms in total. The Balaban J connectivity index is 1.85. The van der Waals surface area contributed by atoms with E-state index in [0.717, 1.165) is 30.6 Å². The summed E-state index contributed by atoms with van der Waals surface area (Å²) >= 11 is 0. The van der Waals surface area contributed by atoms with Gasteiger partial charge in [-0.05, 0) is 66.3 Å². The summed E-state index contributed by atoms with van der Waals surface area (Å²) in [5.74, 6) is 0.816. The molecule has 0 heterocycles. The molecular formula is C17H26O. The molecule has 2 bridgehead atoms. The zero-order chi connectivity index (χ0) is 13.2. The van der Waals surface area contributed by atoms with Crippen molar-refractivity contribution in [3.8, 4) is 0 Å². The van der Waals surface area contributed by atoms with Crippen molar-refractivity contribution in [1.82, 2.24) is 0 Å². The monoisotopic (exact) mass is 246 g/mol. The van der Waals surface area contributed by atoms with Gasteiger partial charge in [0.2, 0.25) is 0 Å². The second-order valence-electron chi connectivity index (χ2n) is 8.29. The Kier molecular flexibility index (Phi) is 2.41. The topological polar surface area (TPSA) is 17.1 Å². The quantitative estimate of drug-likeness (QED) is 0.669. The zero-order valence-corrected chi connectivity index (χ0v) is 12.3. The first-order valence-corrected chi connectivity index (χ1v) is 7.50. The van der Waals surface area contributed by atoms with Crippen molar-refractivity contribution < 1.29 is 4.79 Å². The predicted molar refractivity (Wildman–Crippen MR) is 74.3 cm³/mol. The third-order valence-electron chi connectivity index (χ3n) is 6.19. The second-order valence-corrected chi connectivity index (χ2v) is 8.29. The van der Waals surface area contributed by atoms with Crippen LogP contribution in [0.5, 0.6) is 0 Å². The highest BCUT2D eigenvalue weighted by molar-refractivity contribution is 5.76. The number of allylic oxidation sites excluding steroid dienone is 2. The van der Waals surface area contributed by atoms with E-state index >= 15 is 0 Å². The van der Waals surface area contributed by atoms with E-state index in [4.69, 9.17) is 0 Å². The molecule has 4 aliphatic rings. The van der Waals surface area contributed by atoms with Gasteiger partial charge < -0.3 is 0 Å². The van der Waals surface area contributed by atoms with E-state index in [9.17, 15) is 4.79 Å². The number of hydrogen-bond donors (Lipinski definition) is 0. The Morgan fingerprint density at radius 1 is 1.17 bits per heavy atom. The van der Waals surface area contributed by atoms with E-state index in [2.05, 4.69) is 27.7 Å². The van der Waals surface area contributed by atoms with E-state index < -0.39 is 0 Å². The van der Waals surface area contributed by atoms with Crippen molar-refractivity contribution in [3.63, 3.8) is 0 Å². The van der Waals surface area contributed by atoms with Gasteiger partial charge in [0.15, 0.2) is 0 Å². The molecule has 0 amide bonds. The fourth-order valence-corrected chi connectivity index (χ4v) is 4.76. The summed E-state index contributed by atoms with van der Waals surface area (Å²) in [7, 11) is 0. The third kappa shape index (κ3) is 1.49. The average molecular weight is 246 g/mol. The van der Waals surface area contributed by atoms with Crippen LogP contribution in [0.1, 0.15) is 66.2 Å². The second kappa shape index (κ2) is 3.49. The molecule has 0 spiro atoms. The Hall–Kier alpha value is -0.590. The Bertz CT molecular complexity index is 405. The molecular weight excluding hydrogens is 220 g/mol. The van der Waals surface area contributed by atoms with Crippen LogP contribution in [0.4, 0.5) is 0 Å². The zero-order valence-electron chi connectivity index (χ0n) is 12.3. The SMILES string of the molecule is CC(C)C12CC(C3=C(C=O)CCC(C)(C)C3)(C1)C2. The molecule has 0 aromatic carbocycles. The first-order chi connectivity index (χ1) is 8.33. The maximum absolute atomic E-state index is 11.3. The molecule has 3 fully saturated rings. The van der Waals surface area contributed by atoms with Gasteiger partial charge in [-0.1, -0.05) is 33.3 Å². The maximum Gasteiger partial charge on any atom is 0.145 e. The van der Waals surface area contributed by atoms with Gasteiger partial charge in [-0.3, -0.25) is 4.79 Å². The minimum absolute atomic E-state index is 0.405. The minimum Gasteiger partial charge on any atom is -0.298 e. The standard InChI is InChI=1S/C17H26O/c1-12(2)16-9-17(10-16,11-16)14-7-15(3,4)6-5-13(14)8-18/h8,12H,5-7,9-11H2,1-4H3. The average Bonchev–Trinajstić information content (AvgIpc) is 2.11. The lowest BCUT2D eigenvalue weighted by atomic mass is 9.29. The van der Waals surface area contributed by atoms with Gasteiger partial charge in [-0.25, -0.2) is 0 Å². The van der Waals surface area contributed by atoms with E-state index in [1.54, 1.807) is 5.57 Å². The van der Waals surface area contributed by atoms with Crippen molar-refractivity contribution in [2.75, 3.05) is 0 Å². The molecule has 0 atom stereocenters. The smallest absolute Gasteiger partial charge is 0.145 e. The van der Waals surface area contributed by atoms with Gasteiger partial charge in [-0.15, -0.1) is 0 Å². The minimum atomic E-state index is 0.405. The van der Waals surface area contributed by atoms with Gasteiger partial charge in [0.1, 0.15) is 6.29 Å². The summed E-state index contributed by atoms with van der Waals surface area (Å²) in [6.45, 7) is 9.45. The predicted octanol–water partition coefficient (Wildman–Crippen LogP) is 4.52. The highest BCUT2D eigenvalue weighted by Gasteiger charge is 2.70. The van der Waals surface area contributed by atoms with E-state index in [1.165, 1.54) is 25.7 Å². The van der Waals surface area contributed by atoms with Crippen LogP contribution >= 0.6 is 0 Å². The summed E-state index contributed by atoms with van der Waals surface area (Å²) in [5.41, 5.74) is 4.21. The molecule has 0 saturated heterocycles. The van der Waals surface area contributed by atoms with Crippen LogP contribution in [0.15, 0.2) is 11.1 Å². The molecule has 18 heavy (non-hydrogen) atoms. The molecule has 4 aliphatic carbocycles.